The number of alkyl carbamates (subject to hydrolysis) is 1. The topological polar surface area (TPSA) is 71.0 Å². The second-order valence-corrected chi connectivity index (χ2v) is 9.90. The molecule has 2 atom stereocenters. The first-order chi connectivity index (χ1) is 10.9. The molecule has 0 bridgehead atoms. The summed E-state index contributed by atoms with van der Waals surface area (Å²) in [6, 6.07) is 2.10. The average molecular weight is 372 g/mol. The number of thiophene rings is 1. The Bertz CT molecular complexity index is 706. The van der Waals surface area contributed by atoms with Crippen molar-refractivity contribution in [1.82, 2.24) is 9.62 Å². The number of aliphatic imine (C=N–C) groups is 1. The molecule has 2 rings (SSSR count). The van der Waals surface area contributed by atoms with Gasteiger partial charge in [-0.05, 0) is 53.2 Å². The number of guanidine groups is 1. The van der Waals surface area contributed by atoms with E-state index in [1.807, 2.05) is 20.8 Å². The van der Waals surface area contributed by atoms with E-state index in [1.165, 1.54) is 9.18 Å². The van der Waals surface area contributed by atoms with Crippen molar-refractivity contribution >= 4 is 34.4 Å². The molecule has 1 aromatic heterocycles. The van der Waals surface area contributed by atoms with E-state index < -0.39 is 28.2 Å². The van der Waals surface area contributed by atoms with E-state index >= 15 is 0 Å². The molecule has 0 spiro atoms. The highest BCUT2D eigenvalue weighted by atomic mass is 32.2. The van der Waals surface area contributed by atoms with Crippen LogP contribution in [0.4, 0.5) is 4.79 Å². The summed E-state index contributed by atoms with van der Waals surface area (Å²) in [6.45, 7) is 11.4. The molecule has 8 heteroatoms. The van der Waals surface area contributed by atoms with Crippen LogP contribution in [-0.4, -0.2) is 39.0 Å². The fourth-order valence-corrected chi connectivity index (χ4v) is 4.93. The summed E-state index contributed by atoms with van der Waals surface area (Å²) in [4.78, 5) is 19.0. The van der Waals surface area contributed by atoms with E-state index in [0.29, 0.717) is 5.75 Å². The number of nitrogens with one attached hydrogen (secondary N) is 1. The molecule has 2 unspecified atom stereocenters. The zero-order chi connectivity index (χ0) is 18.3. The fraction of sp³-hybridized carbons (Fsp3) is 0.625. The van der Waals surface area contributed by atoms with Gasteiger partial charge in [0.25, 0.3) is 0 Å². The summed E-state index contributed by atoms with van der Waals surface area (Å²) < 4.78 is 19.3. The van der Waals surface area contributed by atoms with Crippen molar-refractivity contribution in [1.29, 1.82) is 0 Å². The second kappa shape index (κ2) is 6.48. The quantitative estimate of drug-likeness (QED) is 0.825. The molecular formula is C16H25N3O3S2. The summed E-state index contributed by atoms with van der Waals surface area (Å²) in [6.07, 6.45) is -0.603. The van der Waals surface area contributed by atoms with Crippen molar-refractivity contribution in [2.75, 3.05) is 12.8 Å². The molecule has 0 aromatic carbocycles. The van der Waals surface area contributed by atoms with Gasteiger partial charge in [-0.3, -0.25) is 9.62 Å². The summed E-state index contributed by atoms with van der Waals surface area (Å²) >= 11 is 1.65. The lowest BCUT2D eigenvalue weighted by Crippen LogP contribution is -2.51. The minimum absolute atomic E-state index is 0.266. The zero-order valence-electron chi connectivity index (χ0n) is 15.2. The number of aryl methyl sites for hydroxylation is 2. The molecule has 1 aliphatic heterocycles. The van der Waals surface area contributed by atoms with Gasteiger partial charge in [-0.1, -0.05) is 0 Å². The highest BCUT2D eigenvalue weighted by Gasteiger charge is 2.39. The Morgan fingerprint density at radius 1 is 1.46 bits per heavy atom. The van der Waals surface area contributed by atoms with E-state index in [2.05, 4.69) is 11.4 Å². The number of nitrogens with zero attached hydrogens (tertiary/aromatic N) is 2. The van der Waals surface area contributed by atoms with Gasteiger partial charge >= 0.3 is 6.09 Å². The molecule has 1 amide bonds. The Kier molecular flexibility index (Phi) is 5.11. The van der Waals surface area contributed by atoms with Crippen LogP contribution in [0, 0.1) is 13.8 Å². The number of hydrogen-bond donors (Lipinski definition) is 1. The predicted molar refractivity (Wildman–Crippen MR) is 98.7 cm³/mol. The van der Waals surface area contributed by atoms with Crippen LogP contribution in [0.15, 0.2) is 11.1 Å². The van der Waals surface area contributed by atoms with Gasteiger partial charge in [-0.15, -0.1) is 11.3 Å². The molecule has 134 valence electrons. The third kappa shape index (κ3) is 4.16. The maximum Gasteiger partial charge on any atom is 0.414 e. The smallest absolute Gasteiger partial charge is 0.414 e. The summed E-state index contributed by atoms with van der Waals surface area (Å²) in [7, 11) is 0.367. The van der Waals surface area contributed by atoms with Crippen LogP contribution in [0.2, 0.25) is 0 Å². The lowest BCUT2D eigenvalue weighted by molar-refractivity contribution is 0.0559. The molecular weight excluding hydrogens is 346 g/mol. The molecule has 24 heavy (non-hydrogen) atoms. The molecule has 0 saturated heterocycles. The number of ether oxygens (including phenoxy) is 1. The van der Waals surface area contributed by atoms with Crippen LogP contribution in [0.3, 0.4) is 0 Å². The molecule has 0 saturated carbocycles. The van der Waals surface area contributed by atoms with Crippen LogP contribution in [0.5, 0.6) is 0 Å². The Morgan fingerprint density at radius 3 is 2.58 bits per heavy atom. The lowest BCUT2D eigenvalue weighted by atomic mass is 10.0. The second-order valence-electron chi connectivity index (χ2n) is 7.17. The molecule has 6 nitrogen and oxygen atoms in total. The minimum atomic E-state index is -1.28. The van der Waals surface area contributed by atoms with Crippen LogP contribution in [-0.2, 0) is 21.3 Å². The number of rotatable bonds is 1. The number of carbonyl (C=O) groups is 1. The molecule has 2 heterocycles. The highest BCUT2D eigenvalue weighted by Crippen LogP contribution is 2.37. The van der Waals surface area contributed by atoms with E-state index in [1.54, 1.807) is 39.2 Å². The SMILES string of the molecule is Cc1cc(C)c(C2(C)CS(=O)N(C)C(NC(=O)OC(C)(C)C)=N2)s1. The van der Waals surface area contributed by atoms with E-state index in [0.717, 1.165) is 10.4 Å². The van der Waals surface area contributed by atoms with Gasteiger partial charge in [0.1, 0.15) is 22.1 Å². The molecule has 1 aliphatic rings. The molecule has 0 radical (unpaired) electrons. The maximum atomic E-state index is 12.5. The van der Waals surface area contributed by atoms with Crippen LogP contribution >= 0.6 is 11.3 Å². The van der Waals surface area contributed by atoms with Gasteiger partial charge in [-0.2, -0.15) is 0 Å². The third-order valence-electron chi connectivity index (χ3n) is 3.50. The molecule has 1 N–H and O–H groups in total. The van der Waals surface area contributed by atoms with Gasteiger partial charge in [0.2, 0.25) is 5.96 Å². The zero-order valence-corrected chi connectivity index (χ0v) is 16.9. The van der Waals surface area contributed by atoms with Crippen LogP contribution in [0.1, 0.15) is 43.0 Å². The lowest BCUT2D eigenvalue weighted by Gasteiger charge is -2.35. The van der Waals surface area contributed by atoms with Gasteiger partial charge < -0.3 is 4.74 Å². The first-order valence-corrected chi connectivity index (χ1v) is 9.80. The minimum Gasteiger partial charge on any atom is -0.444 e. The first kappa shape index (κ1) is 18.9. The summed E-state index contributed by atoms with van der Waals surface area (Å²) in [5.41, 5.74) is -0.117. The molecule has 1 aromatic rings. The van der Waals surface area contributed by atoms with E-state index in [9.17, 15) is 9.00 Å². The van der Waals surface area contributed by atoms with Crippen molar-refractivity contribution in [2.24, 2.45) is 4.99 Å². The number of hydrogen-bond acceptors (Lipinski definition) is 5. The van der Waals surface area contributed by atoms with Gasteiger partial charge in [0, 0.05) is 16.8 Å². The normalized spacial score (nSPS) is 24.5. The van der Waals surface area contributed by atoms with Crippen molar-refractivity contribution in [2.45, 2.75) is 52.7 Å². The van der Waals surface area contributed by atoms with Crippen molar-refractivity contribution in [3.8, 4) is 0 Å². The fourth-order valence-electron chi connectivity index (χ4n) is 2.56. The highest BCUT2D eigenvalue weighted by molar-refractivity contribution is 7.83. The van der Waals surface area contributed by atoms with Crippen molar-refractivity contribution < 1.29 is 13.7 Å². The Labute approximate surface area is 149 Å². The average Bonchev–Trinajstić information content (AvgIpc) is 2.73. The Balaban J connectivity index is 2.35. The molecule has 0 fully saturated rings. The first-order valence-electron chi connectivity index (χ1n) is 7.71. The van der Waals surface area contributed by atoms with E-state index in [-0.39, 0.29) is 5.96 Å². The number of amides is 1. The van der Waals surface area contributed by atoms with Crippen LogP contribution < -0.4 is 5.32 Å². The number of carbonyl (C=O) groups excluding carboxylic acids is 1. The van der Waals surface area contributed by atoms with Crippen molar-refractivity contribution in [3.63, 3.8) is 0 Å². The predicted octanol–water partition coefficient (Wildman–Crippen LogP) is 3.07. The maximum absolute atomic E-state index is 12.5. The standard InChI is InChI=1S/C16H25N3O3S2/c1-10-8-11(2)23-12(10)16(6)9-24(21)19(7)13(18-16)17-14(20)22-15(3,4)5/h8H,9H2,1-7H3,(H,17,18,20). The third-order valence-corrected chi connectivity index (χ3v) is 6.50. The monoisotopic (exact) mass is 371 g/mol. The van der Waals surface area contributed by atoms with Gasteiger partial charge in [0.15, 0.2) is 0 Å². The van der Waals surface area contributed by atoms with Crippen molar-refractivity contribution in [3.05, 3.63) is 21.4 Å². The Hall–Kier alpha value is -1.41. The summed E-state index contributed by atoms with van der Waals surface area (Å²) in [5.74, 6) is 0.644. The van der Waals surface area contributed by atoms with Gasteiger partial charge in [0.05, 0.1) is 5.75 Å². The van der Waals surface area contributed by atoms with Gasteiger partial charge in [-0.25, -0.2) is 14.0 Å². The Morgan fingerprint density at radius 2 is 2.08 bits per heavy atom. The largest absolute Gasteiger partial charge is 0.444 e. The molecule has 0 aliphatic carbocycles. The van der Waals surface area contributed by atoms with E-state index in [4.69, 9.17) is 9.73 Å². The van der Waals surface area contributed by atoms with Crippen LogP contribution in [0.25, 0.3) is 0 Å². The summed E-state index contributed by atoms with van der Waals surface area (Å²) in [5, 5.41) is 2.63.